The Morgan fingerprint density at radius 1 is 1.24 bits per heavy atom. The van der Waals surface area contributed by atoms with Gasteiger partial charge in [-0.1, -0.05) is 23.8 Å². The summed E-state index contributed by atoms with van der Waals surface area (Å²) >= 11 is 0. The van der Waals surface area contributed by atoms with E-state index in [0.29, 0.717) is 6.61 Å². The molecule has 1 atom stereocenters. The Bertz CT molecular complexity index is 664. The quantitative estimate of drug-likeness (QED) is 0.905. The number of hydrogen-bond acceptors (Lipinski definition) is 3. The first-order chi connectivity index (χ1) is 10.1. The predicted octanol–water partition coefficient (Wildman–Crippen LogP) is 3.17. The second-order valence-corrected chi connectivity index (χ2v) is 5.25. The van der Waals surface area contributed by atoms with E-state index in [1.165, 1.54) is 0 Å². The number of hydrogen-bond donors (Lipinski definition) is 2. The molecule has 0 radical (unpaired) electrons. The first-order valence-electron chi connectivity index (χ1n) is 6.95. The standard InChI is InChI=1S/C17H17NO3/c1-11-2-5-14(6-3-11)18-16(17(19)20)13-4-7-15-12(10-13)8-9-21-15/h2-7,10,16,18H,8-9H2,1H3,(H,19,20). The Hall–Kier alpha value is -2.49. The van der Waals surface area contributed by atoms with Crippen LogP contribution in [0.1, 0.15) is 22.7 Å². The fourth-order valence-electron chi connectivity index (χ4n) is 2.49. The van der Waals surface area contributed by atoms with Gasteiger partial charge in [-0.3, -0.25) is 0 Å². The third-order valence-corrected chi connectivity index (χ3v) is 3.66. The van der Waals surface area contributed by atoms with E-state index < -0.39 is 12.0 Å². The molecule has 0 aromatic heterocycles. The first-order valence-corrected chi connectivity index (χ1v) is 6.95. The van der Waals surface area contributed by atoms with Gasteiger partial charge in [-0.15, -0.1) is 0 Å². The lowest BCUT2D eigenvalue weighted by Crippen LogP contribution is -2.20. The molecule has 21 heavy (non-hydrogen) atoms. The van der Waals surface area contributed by atoms with Crippen molar-refractivity contribution in [2.45, 2.75) is 19.4 Å². The summed E-state index contributed by atoms with van der Waals surface area (Å²) in [5, 5.41) is 12.6. The van der Waals surface area contributed by atoms with Gasteiger partial charge < -0.3 is 15.2 Å². The van der Waals surface area contributed by atoms with E-state index in [0.717, 1.165) is 34.5 Å². The number of fused-ring (bicyclic) bond motifs is 1. The lowest BCUT2D eigenvalue weighted by atomic mass is 10.0. The molecule has 0 spiro atoms. The summed E-state index contributed by atoms with van der Waals surface area (Å²) in [6.45, 7) is 2.67. The molecular weight excluding hydrogens is 266 g/mol. The topological polar surface area (TPSA) is 58.6 Å². The average molecular weight is 283 g/mol. The maximum atomic E-state index is 11.6. The van der Waals surface area contributed by atoms with E-state index in [-0.39, 0.29) is 0 Å². The van der Waals surface area contributed by atoms with Gasteiger partial charge in [0, 0.05) is 12.1 Å². The summed E-state index contributed by atoms with van der Waals surface area (Å²) in [7, 11) is 0. The molecule has 4 nitrogen and oxygen atoms in total. The van der Waals surface area contributed by atoms with E-state index in [4.69, 9.17) is 4.74 Å². The van der Waals surface area contributed by atoms with Gasteiger partial charge in [-0.25, -0.2) is 4.79 Å². The lowest BCUT2D eigenvalue weighted by Gasteiger charge is -2.17. The number of aliphatic carboxylic acids is 1. The molecule has 2 aromatic rings. The largest absolute Gasteiger partial charge is 0.493 e. The fourth-order valence-corrected chi connectivity index (χ4v) is 2.49. The van der Waals surface area contributed by atoms with Crippen molar-refractivity contribution in [2.75, 3.05) is 11.9 Å². The van der Waals surface area contributed by atoms with Crippen LogP contribution in [0.5, 0.6) is 5.75 Å². The van der Waals surface area contributed by atoms with Crippen LogP contribution >= 0.6 is 0 Å². The van der Waals surface area contributed by atoms with E-state index in [1.54, 1.807) is 0 Å². The van der Waals surface area contributed by atoms with E-state index in [2.05, 4.69) is 5.32 Å². The smallest absolute Gasteiger partial charge is 0.330 e. The summed E-state index contributed by atoms with van der Waals surface area (Å²) in [6, 6.07) is 12.5. The minimum atomic E-state index is -0.894. The van der Waals surface area contributed by atoms with Crippen LogP contribution in [0.4, 0.5) is 5.69 Å². The zero-order valence-corrected chi connectivity index (χ0v) is 11.8. The van der Waals surface area contributed by atoms with Gasteiger partial charge in [-0.2, -0.15) is 0 Å². The molecule has 1 aliphatic rings. The number of aryl methyl sites for hydroxylation is 1. The first kappa shape index (κ1) is 13.5. The summed E-state index contributed by atoms with van der Waals surface area (Å²) in [5.41, 5.74) is 3.75. The minimum absolute atomic E-state index is 0.669. The second kappa shape index (κ2) is 5.48. The van der Waals surface area contributed by atoms with Crippen molar-refractivity contribution in [3.63, 3.8) is 0 Å². The predicted molar refractivity (Wildman–Crippen MR) is 80.8 cm³/mol. The highest BCUT2D eigenvalue weighted by Crippen LogP contribution is 2.29. The fraction of sp³-hybridized carbons (Fsp3) is 0.235. The highest BCUT2D eigenvalue weighted by molar-refractivity contribution is 5.79. The normalized spacial score (nSPS) is 14.1. The number of carbonyl (C=O) groups is 1. The van der Waals surface area contributed by atoms with Crippen molar-refractivity contribution < 1.29 is 14.6 Å². The molecule has 0 bridgehead atoms. The average Bonchev–Trinajstić information content (AvgIpc) is 2.93. The van der Waals surface area contributed by atoms with Crippen molar-refractivity contribution in [3.05, 3.63) is 59.2 Å². The second-order valence-electron chi connectivity index (χ2n) is 5.25. The molecule has 2 N–H and O–H groups in total. The summed E-state index contributed by atoms with van der Waals surface area (Å²) in [4.78, 5) is 11.6. The van der Waals surface area contributed by atoms with Crippen LogP contribution in [0.25, 0.3) is 0 Å². The van der Waals surface area contributed by atoms with Crippen molar-refractivity contribution in [2.24, 2.45) is 0 Å². The van der Waals surface area contributed by atoms with Crippen LogP contribution in [-0.4, -0.2) is 17.7 Å². The Labute approximate surface area is 123 Å². The van der Waals surface area contributed by atoms with E-state index in [9.17, 15) is 9.90 Å². The van der Waals surface area contributed by atoms with Gasteiger partial charge in [0.1, 0.15) is 5.75 Å². The SMILES string of the molecule is Cc1ccc(NC(C(=O)O)c2ccc3c(c2)CCO3)cc1. The van der Waals surface area contributed by atoms with Crippen molar-refractivity contribution in [3.8, 4) is 5.75 Å². The lowest BCUT2D eigenvalue weighted by molar-refractivity contribution is -0.138. The molecule has 0 saturated heterocycles. The van der Waals surface area contributed by atoms with Crippen LogP contribution in [-0.2, 0) is 11.2 Å². The van der Waals surface area contributed by atoms with Crippen molar-refractivity contribution in [1.82, 2.24) is 0 Å². The molecule has 0 fully saturated rings. The van der Waals surface area contributed by atoms with Gasteiger partial charge in [0.15, 0.2) is 6.04 Å². The van der Waals surface area contributed by atoms with Gasteiger partial charge >= 0.3 is 5.97 Å². The monoisotopic (exact) mass is 283 g/mol. The molecule has 2 aromatic carbocycles. The van der Waals surface area contributed by atoms with Crippen LogP contribution in [0.2, 0.25) is 0 Å². The Morgan fingerprint density at radius 2 is 2.00 bits per heavy atom. The summed E-state index contributed by atoms with van der Waals surface area (Å²) < 4.78 is 5.46. The van der Waals surface area contributed by atoms with Crippen LogP contribution in [0.3, 0.4) is 0 Å². The Morgan fingerprint density at radius 3 is 2.71 bits per heavy atom. The van der Waals surface area contributed by atoms with Crippen LogP contribution < -0.4 is 10.1 Å². The highest BCUT2D eigenvalue weighted by atomic mass is 16.5. The third-order valence-electron chi connectivity index (χ3n) is 3.66. The number of nitrogens with one attached hydrogen (secondary N) is 1. The highest BCUT2D eigenvalue weighted by Gasteiger charge is 2.22. The molecular formula is C17H17NO3. The summed E-state index contributed by atoms with van der Waals surface area (Å²) in [5.74, 6) is -0.0346. The number of carboxylic acid groups (broad SMARTS) is 1. The van der Waals surface area contributed by atoms with Crippen molar-refractivity contribution >= 4 is 11.7 Å². The number of benzene rings is 2. The molecule has 1 aliphatic heterocycles. The van der Waals surface area contributed by atoms with Crippen LogP contribution in [0, 0.1) is 6.92 Å². The van der Waals surface area contributed by atoms with Crippen molar-refractivity contribution in [1.29, 1.82) is 0 Å². The maximum Gasteiger partial charge on any atom is 0.330 e. The van der Waals surface area contributed by atoms with Gasteiger partial charge in [0.2, 0.25) is 0 Å². The molecule has 0 aliphatic carbocycles. The maximum absolute atomic E-state index is 11.6. The number of rotatable bonds is 4. The van der Waals surface area contributed by atoms with Gasteiger partial charge in [0.05, 0.1) is 6.61 Å². The number of anilines is 1. The molecule has 1 unspecified atom stereocenters. The Balaban J connectivity index is 1.87. The molecule has 3 rings (SSSR count). The van der Waals surface area contributed by atoms with E-state index in [1.807, 2.05) is 49.4 Å². The zero-order chi connectivity index (χ0) is 14.8. The molecule has 0 amide bonds. The van der Waals surface area contributed by atoms with E-state index >= 15 is 0 Å². The molecule has 4 heteroatoms. The third kappa shape index (κ3) is 2.84. The minimum Gasteiger partial charge on any atom is -0.493 e. The molecule has 1 heterocycles. The number of ether oxygens (including phenoxy) is 1. The van der Waals surface area contributed by atoms with Gasteiger partial charge in [0.25, 0.3) is 0 Å². The Kier molecular flexibility index (Phi) is 3.52. The molecule has 108 valence electrons. The van der Waals surface area contributed by atoms with Crippen LogP contribution in [0.15, 0.2) is 42.5 Å². The zero-order valence-electron chi connectivity index (χ0n) is 11.8. The number of carboxylic acids is 1. The van der Waals surface area contributed by atoms with Gasteiger partial charge in [-0.05, 0) is 42.3 Å². The summed E-state index contributed by atoms with van der Waals surface area (Å²) in [6.07, 6.45) is 0.833. The molecule has 0 saturated carbocycles.